The number of carboxylic acid groups (broad SMARTS) is 2. The first-order valence-electron chi connectivity index (χ1n) is 5.44. The molecule has 0 aliphatic carbocycles. The second-order valence-electron chi connectivity index (χ2n) is 3.99. The van der Waals surface area contributed by atoms with Gasteiger partial charge in [0.05, 0.1) is 0 Å². The molecule has 100 valence electrons. The molecule has 0 saturated carbocycles. The van der Waals surface area contributed by atoms with Crippen molar-refractivity contribution in [1.82, 2.24) is 10.6 Å². The SMILES string of the molecule is O=C1CCC(C(=O)O)N1.O=C1CCC(C(=O)O)N1.[Zn+2]. The first-order valence-corrected chi connectivity index (χ1v) is 5.44. The van der Waals surface area contributed by atoms with Gasteiger partial charge in [-0.05, 0) is 12.8 Å². The molecule has 8 nitrogen and oxygen atoms in total. The number of amides is 2. The van der Waals surface area contributed by atoms with Crippen molar-refractivity contribution in [1.29, 1.82) is 0 Å². The number of nitrogens with one attached hydrogen (secondary N) is 2. The van der Waals surface area contributed by atoms with Crippen LogP contribution >= 0.6 is 0 Å². The summed E-state index contributed by atoms with van der Waals surface area (Å²) in [4.78, 5) is 41.0. The van der Waals surface area contributed by atoms with Gasteiger partial charge in [-0.25, -0.2) is 9.59 Å². The van der Waals surface area contributed by atoms with Gasteiger partial charge >= 0.3 is 31.4 Å². The van der Waals surface area contributed by atoms with Crippen LogP contribution in [0.4, 0.5) is 0 Å². The summed E-state index contributed by atoms with van der Waals surface area (Å²) in [5.74, 6) is -2.22. The quantitative estimate of drug-likeness (QED) is 0.467. The first-order chi connectivity index (χ1) is 8.40. The summed E-state index contributed by atoms with van der Waals surface area (Å²) < 4.78 is 0. The van der Waals surface area contributed by atoms with Crippen molar-refractivity contribution in [2.75, 3.05) is 0 Å². The Morgan fingerprint density at radius 3 is 1.32 bits per heavy atom. The van der Waals surface area contributed by atoms with Gasteiger partial charge in [-0.2, -0.15) is 0 Å². The van der Waals surface area contributed by atoms with E-state index in [-0.39, 0.29) is 31.3 Å². The van der Waals surface area contributed by atoms with E-state index in [1.54, 1.807) is 0 Å². The molecule has 0 radical (unpaired) electrons. The molecule has 2 saturated heterocycles. The van der Waals surface area contributed by atoms with Crippen LogP contribution in [0.5, 0.6) is 0 Å². The van der Waals surface area contributed by atoms with Crippen molar-refractivity contribution in [2.24, 2.45) is 0 Å². The second kappa shape index (κ2) is 7.83. The number of aliphatic carboxylic acids is 2. The van der Waals surface area contributed by atoms with Crippen molar-refractivity contribution in [3.8, 4) is 0 Å². The largest absolute Gasteiger partial charge is 2.00 e. The summed E-state index contributed by atoms with van der Waals surface area (Å²) in [6.07, 6.45) is 1.54. The van der Waals surface area contributed by atoms with Crippen LogP contribution in [0.1, 0.15) is 25.7 Å². The van der Waals surface area contributed by atoms with Crippen molar-refractivity contribution < 1.29 is 48.9 Å². The Labute approximate surface area is 121 Å². The average Bonchev–Trinajstić information content (AvgIpc) is 2.88. The summed E-state index contributed by atoms with van der Waals surface area (Å²) >= 11 is 0. The molecule has 2 amide bonds. The number of hydrogen-bond donors (Lipinski definition) is 4. The Hall–Kier alpha value is -1.50. The van der Waals surface area contributed by atoms with Gasteiger partial charge < -0.3 is 20.8 Å². The summed E-state index contributed by atoms with van der Waals surface area (Å²) in [5.41, 5.74) is 0. The molecule has 2 rings (SSSR count). The molecule has 9 heteroatoms. The molecule has 2 aliphatic rings. The molecule has 4 N–H and O–H groups in total. The van der Waals surface area contributed by atoms with Crippen LogP contribution in [0.3, 0.4) is 0 Å². The van der Waals surface area contributed by atoms with Crippen LogP contribution in [0.15, 0.2) is 0 Å². The third-order valence-corrected chi connectivity index (χ3v) is 2.59. The van der Waals surface area contributed by atoms with Gasteiger partial charge in [0.2, 0.25) is 11.8 Å². The summed E-state index contributed by atoms with van der Waals surface area (Å²) in [5, 5.41) is 21.3. The molecule has 2 fully saturated rings. The van der Waals surface area contributed by atoms with Gasteiger partial charge in [0.1, 0.15) is 12.1 Å². The average molecular weight is 324 g/mol. The Morgan fingerprint density at radius 2 is 1.21 bits per heavy atom. The van der Waals surface area contributed by atoms with E-state index < -0.39 is 24.0 Å². The first kappa shape index (κ1) is 17.5. The van der Waals surface area contributed by atoms with E-state index in [4.69, 9.17) is 10.2 Å². The fourth-order valence-corrected chi connectivity index (χ4v) is 1.60. The zero-order valence-electron chi connectivity index (χ0n) is 10.2. The second-order valence-corrected chi connectivity index (χ2v) is 3.99. The molecular weight excluding hydrogens is 310 g/mol. The fraction of sp³-hybridized carbons (Fsp3) is 0.600. The van der Waals surface area contributed by atoms with Gasteiger partial charge in [0, 0.05) is 12.8 Å². The zero-order chi connectivity index (χ0) is 13.7. The minimum absolute atomic E-state index is 0. The molecule has 0 aromatic carbocycles. The van der Waals surface area contributed by atoms with Crippen molar-refractivity contribution in [3.63, 3.8) is 0 Å². The molecular formula is C10H14N2O6Zn+2. The van der Waals surface area contributed by atoms with E-state index in [1.165, 1.54) is 0 Å². The zero-order valence-corrected chi connectivity index (χ0v) is 13.2. The number of carboxylic acids is 2. The van der Waals surface area contributed by atoms with E-state index in [1.807, 2.05) is 0 Å². The monoisotopic (exact) mass is 322 g/mol. The number of rotatable bonds is 2. The summed E-state index contributed by atoms with van der Waals surface area (Å²) in [6.45, 7) is 0. The molecule has 2 unspecified atom stereocenters. The van der Waals surface area contributed by atoms with Crippen LogP contribution in [-0.2, 0) is 38.7 Å². The van der Waals surface area contributed by atoms with Gasteiger partial charge in [-0.3, -0.25) is 9.59 Å². The van der Waals surface area contributed by atoms with Crippen molar-refractivity contribution in [3.05, 3.63) is 0 Å². The van der Waals surface area contributed by atoms with Gasteiger partial charge in [-0.15, -0.1) is 0 Å². The van der Waals surface area contributed by atoms with E-state index >= 15 is 0 Å². The van der Waals surface area contributed by atoms with E-state index in [2.05, 4.69) is 10.6 Å². The van der Waals surface area contributed by atoms with Crippen LogP contribution < -0.4 is 10.6 Å². The Bertz CT molecular complexity index is 350. The number of carbonyl (C=O) groups is 4. The smallest absolute Gasteiger partial charge is 0.480 e. The van der Waals surface area contributed by atoms with E-state index in [0.29, 0.717) is 25.7 Å². The third-order valence-electron chi connectivity index (χ3n) is 2.59. The van der Waals surface area contributed by atoms with Crippen LogP contribution in [0.2, 0.25) is 0 Å². The molecule has 2 heterocycles. The molecule has 0 aromatic rings. The maximum atomic E-state index is 10.4. The molecule has 0 bridgehead atoms. The van der Waals surface area contributed by atoms with E-state index in [9.17, 15) is 19.2 Å². The maximum absolute atomic E-state index is 10.4. The standard InChI is InChI=1S/2C5H7NO3.Zn/c2*7-4-2-1-3(6-4)5(8)9;/h2*3H,1-2H2,(H,6,7)(H,8,9);/q;;+2. The Morgan fingerprint density at radius 1 is 0.895 bits per heavy atom. The topological polar surface area (TPSA) is 133 Å². The number of hydrogen-bond acceptors (Lipinski definition) is 4. The molecule has 19 heavy (non-hydrogen) atoms. The minimum Gasteiger partial charge on any atom is -0.480 e. The minimum atomic E-state index is -0.944. The van der Waals surface area contributed by atoms with Crippen LogP contribution in [0.25, 0.3) is 0 Å². The van der Waals surface area contributed by atoms with Gasteiger partial charge in [-0.1, -0.05) is 0 Å². The van der Waals surface area contributed by atoms with Crippen LogP contribution in [-0.4, -0.2) is 46.0 Å². The third kappa shape index (κ3) is 5.78. The van der Waals surface area contributed by atoms with Crippen molar-refractivity contribution >= 4 is 23.8 Å². The van der Waals surface area contributed by atoms with Gasteiger partial charge in [0.25, 0.3) is 0 Å². The predicted molar refractivity (Wildman–Crippen MR) is 57.6 cm³/mol. The van der Waals surface area contributed by atoms with Crippen molar-refractivity contribution in [2.45, 2.75) is 37.8 Å². The molecule has 2 atom stereocenters. The van der Waals surface area contributed by atoms with Crippen LogP contribution in [0, 0.1) is 0 Å². The summed E-state index contributed by atoms with van der Waals surface area (Å²) in [7, 11) is 0. The predicted octanol–water partition coefficient (Wildman–Crippen LogP) is -1.30. The maximum Gasteiger partial charge on any atom is 2.00 e. The van der Waals surface area contributed by atoms with E-state index in [0.717, 1.165) is 0 Å². The number of carbonyl (C=O) groups excluding carboxylic acids is 2. The fourth-order valence-electron chi connectivity index (χ4n) is 1.60. The molecule has 0 spiro atoms. The molecule has 0 aromatic heterocycles. The van der Waals surface area contributed by atoms with Gasteiger partial charge in [0.15, 0.2) is 0 Å². The Kier molecular flexibility index (Phi) is 7.22. The summed E-state index contributed by atoms with van der Waals surface area (Å²) in [6, 6.07) is -1.28. The normalized spacial score (nSPS) is 24.4. The Balaban J connectivity index is 0.000000324. The molecule has 2 aliphatic heterocycles.